The first kappa shape index (κ1) is 12.9. The average Bonchev–Trinajstić information content (AvgIpc) is 2.36. The Morgan fingerprint density at radius 1 is 1.28 bits per heavy atom. The van der Waals surface area contributed by atoms with E-state index in [0.29, 0.717) is 4.99 Å². The maximum Gasteiger partial charge on any atom is 0.0740 e. The summed E-state index contributed by atoms with van der Waals surface area (Å²) in [5.41, 5.74) is 7.61. The third-order valence-corrected chi connectivity index (χ3v) is 3.03. The maximum absolute atomic E-state index is 5.50. The molecule has 0 radical (unpaired) electrons. The summed E-state index contributed by atoms with van der Waals surface area (Å²) in [4.78, 5) is 7.38. The topological polar surface area (TPSA) is 42.1 Å². The molecule has 3 nitrogen and oxygen atoms in total. The van der Waals surface area contributed by atoms with Crippen molar-refractivity contribution in [3.63, 3.8) is 0 Å². The predicted molar refractivity (Wildman–Crippen MR) is 79.5 cm³/mol. The number of rotatable bonds is 5. The second kappa shape index (κ2) is 5.89. The number of aromatic nitrogens is 1. The Morgan fingerprint density at radius 3 is 2.83 bits per heavy atom. The van der Waals surface area contributed by atoms with E-state index in [0.717, 1.165) is 30.7 Å². The van der Waals surface area contributed by atoms with E-state index in [-0.39, 0.29) is 0 Å². The Bertz CT molecular complexity index is 553. The number of benzene rings is 1. The van der Waals surface area contributed by atoms with Gasteiger partial charge in [0.25, 0.3) is 0 Å². The highest BCUT2D eigenvalue weighted by Crippen LogP contribution is 2.12. The molecule has 1 aromatic carbocycles. The Labute approximate surface area is 113 Å². The van der Waals surface area contributed by atoms with Crippen LogP contribution >= 0.6 is 12.2 Å². The molecule has 94 valence electrons. The van der Waals surface area contributed by atoms with Gasteiger partial charge in [-0.1, -0.05) is 36.5 Å². The van der Waals surface area contributed by atoms with Gasteiger partial charge in [-0.15, -0.1) is 0 Å². The molecule has 0 spiro atoms. The van der Waals surface area contributed by atoms with Crippen LogP contribution in [0.4, 0.5) is 0 Å². The van der Waals surface area contributed by atoms with Crippen LogP contribution in [0.3, 0.4) is 0 Å². The Balaban J connectivity index is 2.05. The molecule has 0 bridgehead atoms. The zero-order valence-corrected chi connectivity index (χ0v) is 11.3. The van der Waals surface area contributed by atoms with Gasteiger partial charge in [-0.3, -0.25) is 4.98 Å². The normalized spacial score (nSPS) is 11.0. The van der Waals surface area contributed by atoms with Crippen molar-refractivity contribution in [2.24, 2.45) is 5.73 Å². The smallest absolute Gasteiger partial charge is 0.0740 e. The molecule has 1 heterocycles. The molecule has 0 saturated heterocycles. The first-order chi connectivity index (χ1) is 8.65. The molecule has 4 heteroatoms. The third kappa shape index (κ3) is 3.48. The van der Waals surface area contributed by atoms with E-state index in [2.05, 4.69) is 35.1 Å². The fourth-order valence-electron chi connectivity index (χ4n) is 1.85. The molecule has 0 atom stereocenters. The van der Waals surface area contributed by atoms with Crippen LogP contribution < -0.4 is 5.73 Å². The number of hydrogen-bond acceptors (Lipinski definition) is 3. The van der Waals surface area contributed by atoms with Gasteiger partial charge >= 0.3 is 0 Å². The van der Waals surface area contributed by atoms with Crippen LogP contribution in [0.2, 0.25) is 0 Å². The molecule has 0 aliphatic carbocycles. The van der Waals surface area contributed by atoms with Crippen molar-refractivity contribution in [1.82, 2.24) is 9.88 Å². The summed E-state index contributed by atoms with van der Waals surface area (Å²) >= 11 is 4.88. The number of para-hydroxylation sites is 1. The highest BCUT2D eigenvalue weighted by atomic mass is 32.1. The third-order valence-electron chi connectivity index (χ3n) is 2.83. The van der Waals surface area contributed by atoms with Gasteiger partial charge in [-0.2, -0.15) is 0 Å². The number of fused-ring (bicyclic) bond motifs is 1. The molecule has 2 N–H and O–H groups in total. The van der Waals surface area contributed by atoms with Crippen molar-refractivity contribution < 1.29 is 0 Å². The van der Waals surface area contributed by atoms with E-state index >= 15 is 0 Å². The summed E-state index contributed by atoms with van der Waals surface area (Å²) in [7, 11) is 2.05. The molecular formula is C14H17N3S. The van der Waals surface area contributed by atoms with Crippen molar-refractivity contribution in [1.29, 1.82) is 0 Å². The van der Waals surface area contributed by atoms with Crippen LogP contribution in [0.25, 0.3) is 10.9 Å². The second-order valence-electron chi connectivity index (χ2n) is 4.45. The van der Waals surface area contributed by atoms with Crippen LogP contribution in [0.5, 0.6) is 0 Å². The largest absolute Gasteiger partial charge is 0.393 e. The van der Waals surface area contributed by atoms with Crippen molar-refractivity contribution >= 4 is 28.1 Å². The zero-order chi connectivity index (χ0) is 13.0. The summed E-state index contributed by atoms with van der Waals surface area (Å²) in [6.45, 7) is 1.68. The molecule has 0 fully saturated rings. The van der Waals surface area contributed by atoms with Crippen molar-refractivity contribution in [2.75, 3.05) is 13.6 Å². The van der Waals surface area contributed by atoms with Gasteiger partial charge in [0.2, 0.25) is 0 Å². The lowest BCUT2D eigenvalue weighted by Crippen LogP contribution is -2.23. The van der Waals surface area contributed by atoms with Gasteiger partial charge in [0.1, 0.15) is 0 Å². The lowest BCUT2D eigenvalue weighted by Gasteiger charge is -2.15. The predicted octanol–water partition coefficient (Wildman–Crippen LogP) is 2.34. The molecular weight excluding hydrogens is 242 g/mol. The molecule has 18 heavy (non-hydrogen) atoms. The monoisotopic (exact) mass is 259 g/mol. The van der Waals surface area contributed by atoms with E-state index in [1.54, 1.807) is 0 Å². The molecule has 0 amide bonds. The number of hydrogen-bond donors (Lipinski definition) is 1. The second-order valence-corrected chi connectivity index (χ2v) is 4.97. The minimum atomic E-state index is 0.563. The van der Waals surface area contributed by atoms with Gasteiger partial charge in [-0.05, 0) is 19.2 Å². The van der Waals surface area contributed by atoms with Gasteiger partial charge < -0.3 is 10.6 Å². The van der Waals surface area contributed by atoms with E-state index < -0.39 is 0 Å². The number of pyridine rings is 1. The minimum Gasteiger partial charge on any atom is -0.393 e. The fourth-order valence-corrected chi connectivity index (χ4v) is 1.94. The zero-order valence-electron chi connectivity index (χ0n) is 10.5. The molecule has 0 unspecified atom stereocenters. The summed E-state index contributed by atoms with van der Waals surface area (Å²) in [6.07, 6.45) is 0.749. The summed E-state index contributed by atoms with van der Waals surface area (Å²) in [5, 5.41) is 1.17. The molecule has 0 aliphatic heterocycles. The van der Waals surface area contributed by atoms with Gasteiger partial charge in [-0.25, -0.2) is 0 Å². The Hall–Kier alpha value is -1.52. The number of nitrogens with zero attached hydrogens (tertiary/aromatic N) is 2. The molecule has 2 rings (SSSR count). The highest BCUT2D eigenvalue weighted by molar-refractivity contribution is 7.80. The van der Waals surface area contributed by atoms with Gasteiger partial charge in [0.15, 0.2) is 0 Å². The van der Waals surface area contributed by atoms with Crippen LogP contribution in [0, 0.1) is 0 Å². The molecule has 0 saturated carbocycles. The van der Waals surface area contributed by atoms with Gasteiger partial charge in [0.05, 0.1) is 16.2 Å². The Kier molecular flexibility index (Phi) is 4.23. The van der Waals surface area contributed by atoms with Crippen molar-refractivity contribution in [3.8, 4) is 0 Å². The SMILES string of the molecule is CN(CCC(N)=S)Cc1ccc2ccccc2n1. The van der Waals surface area contributed by atoms with E-state index in [1.807, 2.05) is 18.2 Å². The number of thiocarbonyl (C=S) groups is 1. The maximum atomic E-state index is 5.50. The molecule has 2 aromatic rings. The van der Waals surface area contributed by atoms with Crippen molar-refractivity contribution in [3.05, 3.63) is 42.1 Å². The lowest BCUT2D eigenvalue weighted by atomic mass is 10.2. The first-order valence-corrected chi connectivity index (χ1v) is 6.37. The van der Waals surface area contributed by atoms with E-state index in [4.69, 9.17) is 18.0 Å². The van der Waals surface area contributed by atoms with Crippen LogP contribution in [0.15, 0.2) is 36.4 Å². The average molecular weight is 259 g/mol. The fraction of sp³-hybridized carbons (Fsp3) is 0.286. The van der Waals surface area contributed by atoms with E-state index in [9.17, 15) is 0 Å². The van der Waals surface area contributed by atoms with Crippen LogP contribution in [-0.2, 0) is 6.54 Å². The highest BCUT2D eigenvalue weighted by Gasteiger charge is 2.03. The summed E-state index contributed by atoms with van der Waals surface area (Å²) in [5.74, 6) is 0. The quantitative estimate of drug-likeness (QED) is 0.837. The summed E-state index contributed by atoms with van der Waals surface area (Å²) < 4.78 is 0. The van der Waals surface area contributed by atoms with E-state index in [1.165, 1.54) is 5.39 Å². The van der Waals surface area contributed by atoms with Gasteiger partial charge in [0, 0.05) is 24.9 Å². The molecule has 1 aromatic heterocycles. The lowest BCUT2D eigenvalue weighted by molar-refractivity contribution is 0.333. The minimum absolute atomic E-state index is 0.563. The molecule has 0 aliphatic rings. The van der Waals surface area contributed by atoms with Crippen molar-refractivity contribution in [2.45, 2.75) is 13.0 Å². The Morgan fingerprint density at radius 2 is 2.06 bits per heavy atom. The standard InChI is InChI=1S/C14H17N3S/c1-17(9-8-14(15)18)10-12-7-6-11-4-2-3-5-13(11)16-12/h2-7H,8-10H2,1H3,(H2,15,18). The summed E-state index contributed by atoms with van der Waals surface area (Å²) in [6, 6.07) is 12.3. The number of nitrogens with two attached hydrogens (primary N) is 1. The first-order valence-electron chi connectivity index (χ1n) is 5.96. The van der Waals surface area contributed by atoms with Crippen LogP contribution in [0.1, 0.15) is 12.1 Å². The van der Waals surface area contributed by atoms with Crippen LogP contribution in [-0.4, -0.2) is 28.5 Å².